The fourth-order valence-corrected chi connectivity index (χ4v) is 3.52. The first-order valence-electron chi connectivity index (χ1n) is 7.26. The van der Waals surface area contributed by atoms with Crippen molar-refractivity contribution in [3.63, 3.8) is 0 Å². The summed E-state index contributed by atoms with van der Waals surface area (Å²) >= 11 is 1.62. The predicted molar refractivity (Wildman–Crippen MR) is 93.9 cm³/mol. The van der Waals surface area contributed by atoms with E-state index in [2.05, 4.69) is 9.97 Å². The highest BCUT2D eigenvalue weighted by Gasteiger charge is 2.11. The molecule has 0 amide bonds. The Morgan fingerprint density at radius 2 is 1.88 bits per heavy atom. The molecule has 0 spiro atoms. The van der Waals surface area contributed by atoms with E-state index in [9.17, 15) is 8.42 Å². The lowest BCUT2D eigenvalue weighted by atomic mass is 10.2. The molecular formula is C17H16N2O3S2. The highest BCUT2D eigenvalue weighted by molar-refractivity contribution is 7.90. The van der Waals surface area contributed by atoms with E-state index in [1.165, 1.54) is 6.26 Å². The molecule has 2 heterocycles. The molecule has 7 heteroatoms. The Morgan fingerprint density at radius 3 is 2.50 bits per heavy atom. The van der Waals surface area contributed by atoms with Crippen LogP contribution < -0.4 is 4.74 Å². The Hall–Kier alpha value is -2.25. The van der Waals surface area contributed by atoms with Gasteiger partial charge in [-0.1, -0.05) is 18.2 Å². The minimum atomic E-state index is -3.21. The molecule has 0 saturated heterocycles. The summed E-state index contributed by atoms with van der Waals surface area (Å²) in [5.41, 5.74) is 1.41. The van der Waals surface area contributed by atoms with Crippen LogP contribution in [0.25, 0.3) is 11.3 Å². The first kappa shape index (κ1) is 16.6. The Morgan fingerprint density at radius 1 is 1.12 bits per heavy atom. The summed E-state index contributed by atoms with van der Waals surface area (Å²) in [5, 5.41) is 2.00. The van der Waals surface area contributed by atoms with Gasteiger partial charge >= 0.3 is 0 Å². The minimum Gasteiger partial charge on any atom is -0.468 e. The molecule has 0 aliphatic rings. The number of hydrogen-bond acceptors (Lipinski definition) is 6. The van der Waals surface area contributed by atoms with E-state index in [0.29, 0.717) is 11.6 Å². The van der Waals surface area contributed by atoms with Gasteiger partial charge in [0.2, 0.25) is 5.88 Å². The van der Waals surface area contributed by atoms with E-state index >= 15 is 0 Å². The number of sulfone groups is 1. The average Bonchev–Trinajstić information content (AvgIpc) is 3.09. The number of thiophene rings is 1. The SMILES string of the molecule is C[C@H](Oc1cncc(-c2ccc(S(C)(=O)=O)cc2)n1)c1cccs1. The molecule has 1 aromatic carbocycles. The largest absolute Gasteiger partial charge is 0.468 e. The summed E-state index contributed by atoms with van der Waals surface area (Å²) < 4.78 is 28.9. The van der Waals surface area contributed by atoms with Gasteiger partial charge in [-0.2, -0.15) is 0 Å². The molecule has 3 aromatic rings. The second kappa shape index (κ2) is 6.70. The second-order valence-corrected chi connectivity index (χ2v) is 8.31. The van der Waals surface area contributed by atoms with Crippen molar-refractivity contribution in [2.24, 2.45) is 0 Å². The molecule has 1 atom stereocenters. The maximum absolute atomic E-state index is 11.5. The molecule has 0 bridgehead atoms. The zero-order valence-electron chi connectivity index (χ0n) is 13.2. The topological polar surface area (TPSA) is 69.2 Å². The van der Waals surface area contributed by atoms with Crippen LogP contribution in [-0.2, 0) is 9.84 Å². The van der Waals surface area contributed by atoms with Crippen molar-refractivity contribution in [3.05, 3.63) is 59.0 Å². The van der Waals surface area contributed by atoms with E-state index in [-0.39, 0.29) is 11.0 Å². The lowest BCUT2D eigenvalue weighted by Crippen LogP contribution is -2.03. The molecule has 3 rings (SSSR count). The molecule has 0 aliphatic carbocycles. The quantitative estimate of drug-likeness (QED) is 0.693. The maximum atomic E-state index is 11.5. The number of aromatic nitrogens is 2. The maximum Gasteiger partial charge on any atom is 0.233 e. The van der Waals surface area contributed by atoms with Crippen molar-refractivity contribution in [2.45, 2.75) is 17.9 Å². The van der Waals surface area contributed by atoms with Gasteiger partial charge in [-0.05, 0) is 30.5 Å². The molecule has 124 valence electrons. The smallest absolute Gasteiger partial charge is 0.233 e. The lowest BCUT2D eigenvalue weighted by Gasteiger charge is -2.12. The first-order valence-corrected chi connectivity index (χ1v) is 10.0. The Bertz CT molecular complexity index is 921. The third-order valence-electron chi connectivity index (χ3n) is 3.43. The van der Waals surface area contributed by atoms with E-state index in [4.69, 9.17) is 4.74 Å². The zero-order chi connectivity index (χ0) is 17.2. The molecule has 24 heavy (non-hydrogen) atoms. The fourth-order valence-electron chi connectivity index (χ4n) is 2.18. The van der Waals surface area contributed by atoms with Crippen LogP contribution in [0.5, 0.6) is 5.88 Å². The molecule has 0 fully saturated rings. The van der Waals surface area contributed by atoms with Crippen LogP contribution >= 0.6 is 11.3 Å². The molecule has 0 aliphatic heterocycles. The highest BCUT2D eigenvalue weighted by Crippen LogP contribution is 2.25. The summed E-state index contributed by atoms with van der Waals surface area (Å²) in [4.78, 5) is 10.0. The monoisotopic (exact) mass is 360 g/mol. The van der Waals surface area contributed by atoms with Crippen molar-refractivity contribution in [2.75, 3.05) is 6.26 Å². The third-order valence-corrected chi connectivity index (χ3v) is 5.59. The number of rotatable bonds is 5. The molecular weight excluding hydrogens is 344 g/mol. The molecule has 5 nitrogen and oxygen atoms in total. The normalized spacial score (nSPS) is 12.8. The zero-order valence-corrected chi connectivity index (χ0v) is 14.8. The van der Waals surface area contributed by atoms with Gasteiger partial charge in [-0.25, -0.2) is 13.4 Å². The lowest BCUT2D eigenvalue weighted by molar-refractivity contribution is 0.220. The minimum absolute atomic E-state index is 0.109. The van der Waals surface area contributed by atoms with Crippen LogP contribution in [0.15, 0.2) is 59.1 Å². The third kappa shape index (κ3) is 3.80. The van der Waals surface area contributed by atoms with Gasteiger partial charge in [0.05, 0.1) is 23.0 Å². The van der Waals surface area contributed by atoms with Crippen molar-refractivity contribution in [3.8, 4) is 17.1 Å². The number of benzene rings is 1. The highest BCUT2D eigenvalue weighted by atomic mass is 32.2. The molecule has 2 aromatic heterocycles. The molecule has 0 radical (unpaired) electrons. The van der Waals surface area contributed by atoms with Crippen molar-refractivity contribution < 1.29 is 13.2 Å². The van der Waals surface area contributed by atoms with Crippen molar-refractivity contribution >= 4 is 21.2 Å². The van der Waals surface area contributed by atoms with Crippen molar-refractivity contribution in [1.29, 1.82) is 0 Å². The van der Waals surface area contributed by atoms with Gasteiger partial charge in [0, 0.05) is 16.7 Å². The second-order valence-electron chi connectivity index (χ2n) is 5.31. The Balaban J connectivity index is 1.82. The average molecular weight is 360 g/mol. The van der Waals surface area contributed by atoms with Crippen LogP contribution in [0, 0.1) is 0 Å². The predicted octanol–water partition coefficient (Wildman–Crippen LogP) is 3.75. The van der Waals surface area contributed by atoms with Gasteiger partial charge in [-0.15, -0.1) is 11.3 Å². The number of nitrogens with zero attached hydrogens (tertiary/aromatic N) is 2. The molecule has 0 N–H and O–H groups in total. The van der Waals surface area contributed by atoms with Crippen LogP contribution in [0.1, 0.15) is 17.9 Å². The summed E-state index contributed by atoms with van der Waals surface area (Å²) in [5.74, 6) is 0.431. The van der Waals surface area contributed by atoms with Crippen LogP contribution in [0.3, 0.4) is 0 Å². The summed E-state index contributed by atoms with van der Waals surface area (Å²) in [7, 11) is -3.21. The van der Waals surface area contributed by atoms with E-state index in [1.54, 1.807) is 48.0 Å². The molecule has 0 unspecified atom stereocenters. The fraction of sp³-hybridized carbons (Fsp3) is 0.176. The van der Waals surface area contributed by atoms with Gasteiger partial charge in [0.15, 0.2) is 9.84 Å². The van der Waals surface area contributed by atoms with Crippen LogP contribution in [0.2, 0.25) is 0 Å². The van der Waals surface area contributed by atoms with E-state index < -0.39 is 9.84 Å². The van der Waals surface area contributed by atoms with Crippen molar-refractivity contribution in [1.82, 2.24) is 9.97 Å². The van der Waals surface area contributed by atoms with E-state index in [0.717, 1.165) is 10.4 Å². The Kier molecular flexibility index (Phi) is 4.64. The van der Waals surface area contributed by atoms with E-state index in [1.807, 2.05) is 24.4 Å². The van der Waals surface area contributed by atoms with Crippen LogP contribution in [0.4, 0.5) is 0 Å². The van der Waals surface area contributed by atoms with Gasteiger partial charge in [0.25, 0.3) is 0 Å². The summed E-state index contributed by atoms with van der Waals surface area (Å²) in [6.45, 7) is 1.96. The van der Waals surface area contributed by atoms with Gasteiger partial charge in [0.1, 0.15) is 6.10 Å². The summed E-state index contributed by atoms with van der Waals surface area (Å²) in [6, 6.07) is 10.5. The molecule has 0 saturated carbocycles. The van der Waals surface area contributed by atoms with Gasteiger partial charge in [-0.3, -0.25) is 4.98 Å². The summed E-state index contributed by atoms with van der Waals surface area (Å²) in [6.07, 6.45) is 4.26. The van der Waals surface area contributed by atoms with Crippen LogP contribution in [-0.4, -0.2) is 24.6 Å². The number of hydrogen-bond donors (Lipinski definition) is 0. The standard InChI is InChI=1S/C17H16N2O3S2/c1-12(16-4-3-9-23-16)22-17-11-18-10-15(19-17)13-5-7-14(8-6-13)24(2,20)21/h3-12H,1-2H3/t12-/m0/s1. The first-order chi connectivity index (χ1) is 11.4. The number of ether oxygens (including phenoxy) is 1. The Labute approximate surface area is 144 Å². The van der Waals surface area contributed by atoms with Gasteiger partial charge < -0.3 is 4.74 Å².